The van der Waals surface area contributed by atoms with Gasteiger partial charge in [0.2, 0.25) is 0 Å². The quantitative estimate of drug-likeness (QED) is 0.732. The summed E-state index contributed by atoms with van der Waals surface area (Å²) in [5.74, 6) is -1.21. The van der Waals surface area contributed by atoms with E-state index in [2.05, 4.69) is 0 Å². The summed E-state index contributed by atoms with van der Waals surface area (Å²) in [6.07, 6.45) is -1.07. The Bertz CT molecular complexity index is 345. The standard InChI is InChI=1S/C12H21NO5/c1-11(2)14-5-6(16-11)8-7(13)9-10(15-8)18-12(3,4)17-9/h6-10H,5,13H2,1-4H3/t6-,7-,8-,9-,10-/m1/s1. The molecule has 3 fully saturated rings. The smallest absolute Gasteiger partial charge is 0.189 e. The first-order valence-corrected chi connectivity index (χ1v) is 6.36. The lowest BCUT2D eigenvalue weighted by molar-refractivity contribution is -0.222. The highest BCUT2D eigenvalue weighted by molar-refractivity contribution is 4.99. The zero-order chi connectivity index (χ0) is 13.1. The van der Waals surface area contributed by atoms with Crippen LogP contribution in [-0.2, 0) is 23.7 Å². The van der Waals surface area contributed by atoms with Gasteiger partial charge in [0.15, 0.2) is 17.9 Å². The van der Waals surface area contributed by atoms with Gasteiger partial charge >= 0.3 is 0 Å². The van der Waals surface area contributed by atoms with Crippen LogP contribution in [0.15, 0.2) is 0 Å². The average molecular weight is 259 g/mol. The summed E-state index contributed by atoms with van der Waals surface area (Å²) in [5.41, 5.74) is 6.19. The fraction of sp³-hybridized carbons (Fsp3) is 1.00. The summed E-state index contributed by atoms with van der Waals surface area (Å²) in [6, 6.07) is -0.265. The minimum Gasteiger partial charge on any atom is -0.348 e. The summed E-state index contributed by atoms with van der Waals surface area (Å²) in [6.45, 7) is 7.95. The van der Waals surface area contributed by atoms with Crippen LogP contribution in [0.4, 0.5) is 0 Å². The largest absolute Gasteiger partial charge is 0.348 e. The van der Waals surface area contributed by atoms with Crippen LogP contribution in [-0.4, -0.2) is 48.8 Å². The van der Waals surface area contributed by atoms with Gasteiger partial charge in [-0.2, -0.15) is 0 Å². The minimum absolute atomic E-state index is 0.170. The maximum atomic E-state index is 6.19. The fourth-order valence-electron chi connectivity index (χ4n) is 2.77. The zero-order valence-electron chi connectivity index (χ0n) is 11.2. The van der Waals surface area contributed by atoms with Crippen molar-refractivity contribution in [2.24, 2.45) is 5.73 Å². The lowest BCUT2D eigenvalue weighted by Gasteiger charge is -2.26. The van der Waals surface area contributed by atoms with Crippen molar-refractivity contribution in [3.63, 3.8) is 0 Å². The fourth-order valence-corrected chi connectivity index (χ4v) is 2.77. The first-order chi connectivity index (χ1) is 8.27. The highest BCUT2D eigenvalue weighted by Crippen LogP contribution is 2.39. The number of ether oxygens (including phenoxy) is 5. The van der Waals surface area contributed by atoms with Gasteiger partial charge in [-0.1, -0.05) is 0 Å². The number of fused-ring (bicyclic) bond motifs is 1. The molecular formula is C12H21NO5. The number of nitrogens with two attached hydrogens (primary N) is 1. The molecule has 0 bridgehead atoms. The minimum atomic E-state index is -0.635. The van der Waals surface area contributed by atoms with E-state index in [1.807, 2.05) is 27.7 Å². The number of hydrogen-bond donors (Lipinski definition) is 1. The van der Waals surface area contributed by atoms with Crippen molar-refractivity contribution in [3.05, 3.63) is 0 Å². The Morgan fingerprint density at radius 1 is 0.944 bits per heavy atom. The Morgan fingerprint density at radius 3 is 2.22 bits per heavy atom. The number of hydrogen-bond acceptors (Lipinski definition) is 6. The molecule has 0 aliphatic carbocycles. The first-order valence-electron chi connectivity index (χ1n) is 6.36. The molecule has 3 rings (SSSR count). The van der Waals surface area contributed by atoms with Crippen LogP contribution in [0.25, 0.3) is 0 Å². The molecule has 0 amide bonds. The molecule has 18 heavy (non-hydrogen) atoms. The van der Waals surface area contributed by atoms with E-state index in [-0.39, 0.29) is 24.4 Å². The van der Waals surface area contributed by atoms with Crippen molar-refractivity contribution >= 4 is 0 Å². The predicted molar refractivity (Wildman–Crippen MR) is 61.6 cm³/mol. The molecule has 0 aromatic carbocycles. The maximum absolute atomic E-state index is 6.19. The van der Waals surface area contributed by atoms with Gasteiger partial charge in [0.25, 0.3) is 0 Å². The second-order valence-electron chi connectivity index (χ2n) is 6.01. The summed E-state index contributed by atoms with van der Waals surface area (Å²) >= 11 is 0. The normalized spacial score (nSPS) is 49.5. The van der Waals surface area contributed by atoms with Gasteiger partial charge < -0.3 is 29.4 Å². The van der Waals surface area contributed by atoms with Crippen LogP contribution in [0.5, 0.6) is 0 Å². The third-order valence-corrected chi connectivity index (χ3v) is 3.53. The first kappa shape index (κ1) is 12.8. The molecule has 3 saturated heterocycles. The van der Waals surface area contributed by atoms with Gasteiger partial charge in [-0.3, -0.25) is 0 Å². The van der Waals surface area contributed by atoms with Crippen molar-refractivity contribution in [2.75, 3.05) is 6.61 Å². The molecule has 0 spiro atoms. The Hall–Kier alpha value is -0.240. The highest BCUT2D eigenvalue weighted by Gasteiger charge is 2.56. The zero-order valence-corrected chi connectivity index (χ0v) is 11.2. The molecule has 0 unspecified atom stereocenters. The summed E-state index contributed by atoms with van der Waals surface area (Å²) in [7, 11) is 0. The van der Waals surface area contributed by atoms with Gasteiger partial charge in [-0.15, -0.1) is 0 Å². The van der Waals surface area contributed by atoms with Crippen LogP contribution in [0.2, 0.25) is 0 Å². The topological polar surface area (TPSA) is 72.2 Å². The van der Waals surface area contributed by atoms with Gasteiger partial charge in [0, 0.05) is 0 Å². The molecule has 6 nitrogen and oxygen atoms in total. The molecule has 3 aliphatic rings. The molecule has 104 valence electrons. The van der Waals surface area contributed by atoms with E-state index in [1.165, 1.54) is 0 Å². The molecule has 2 N–H and O–H groups in total. The maximum Gasteiger partial charge on any atom is 0.189 e. The molecule has 0 aromatic heterocycles. The second kappa shape index (κ2) is 3.88. The van der Waals surface area contributed by atoms with Gasteiger partial charge in [-0.25, -0.2) is 0 Å². The van der Waals surface area contributed by atoms with E-state index in [9.17, 15) is 0 Å². The van der Waals surface area contributed by atoms with E-state index in [0.29, 0.717) is 6.61 Å². The Balaban J connectivity index is 1.68. The SMILES string of the molecule is CC1(C)O[C@H]2O[C@H]([C@H]3COC(C)(C)O3)[C@@H](N)[C@H]2O1. The van der Waals surface area contributed by atoms with E-state index in [0.717, 1.165) is 0 Å². The molecule has 3 aliphatic heterocycles. The molecular weight excluding hydrogens is 238 g/mol. The molecule has 6 heteroatoms. The Labute approximate surface area is 107 Å². The van der Waals surface area contributed by atoms with Gasteiger partial charge in [-0.05, 0) is 27.7 Å². The average Bonchev–Trinajstić information content (AvgIpc) is 2.81. The Kier molecular flexibility index (Phi) is 2.75. The summed E-state index contributed by atoms with van der Waals surface area (Å²) in [5, 5.41) is 0. The summed E-state index contributed by atoms with van der Waals surface area (Å²) < 4.78 is 28.6. The van der Waals surface area contributed by atoms with E-state index >= 15 is 0 Å². The van der Waals surface area contributed by atoms with Crippen LogP contribution < -0.4 is 5.73 Å². The lowest BCUT2D eigenvalue weighted by Crippen LogP contribution is -2.47. The molecule has 0 saturated carbocycles. The van der Waals surface area contributed by atoms with E-state index in [4.69, 9.17) is 29.4 Å². The van der Waals surface area contributed by atoms with Crippen LogP contribution in [0.1, 0.15) is 27.7 Å². The van der Waals surface area contributed by atoms with Crippen LogP contribution in [0.3, 0.4) is 0 Å². The van der Waals surface area contributed by atoms with Crippen molar-refractivity contribution in [3.8, 4) is 0 Å². The van der Waals surface area contributed by atoms with Crippen LogP contribution in [0, 0.1) is 0 Å². The number of rotatable bonds is 1. The van der Waals surface area contributed by atoms with Crippen molar-refractivity contribution in [1.29, 1.82) is 0 Å². The molecule has 5 atom stereocenters. The monoisotopic (exact) mass is 259 g/mol. The van der Waals surface area contributed by atoms with Crippen molar-refractivity contribution < 1.29 is 23.7 Å². The van der Waals surface area contributed by atoms with Crippen molar-refractivity contribution in [1.82, 2.24) is 0 Å². The van der Waals surface area contributed by atoms with E-state index in [1.54, 1.807) is 0 Å². The third kappa shape index (κ3) is 2.07. The predicted octanol–water partition coefficient (Wildman–Crippen LogP) is 0.342. The Morgan fingerprint density at radius 2 is 1.67 bits per heavy atom. The lowest BCUT2D eigenvalue weighted by atomic mass is 10.0. The molecule has 3 heterocycles. The van der Waals surface area contributed by atoms with Crippen LogP contribution >= 0.6 is 0 Å². The highest BCUT2D eigenvalue weighted by atomic mass is 16.8. The van der Waals surface area contributed by atoms with E-state index < -0.39 is 17.9 Å². The molecule has 0 radical (unpaired) electrons. The van der Waals surface area contributed by atoms with Crippen molar-refractivity contribution in [2.45, 2.75) is 69.9 Å². The molecule has 0 aromatic rings. The third-order valence-electron chi connectivity index (χ3n) is 3.53. The second-order valence-corrected chi connectivity index (χ2v) is 6.01. The van der Waals surface area contributed by atoms with Gasteiger partial charge in [0.1, 0.15) is 18.3 Å². The van der Waals surface area contributed by atoms with Gasteiger partial charge in [0.05, 0.1) is 12.6 Å². The summed E-state index contributed by atoms with van der Waals surface area (Å²) in [4.78, 5) is 0.